The van der Waals surface area contributed by atoms with E-state index in [1.54, 1.807) is 11.7 Å². The maximum Gasteiger partial charge on any atom is 0.211 e. The second kappa shape index (κ2) is 5.64. The normalized spacial score (nSPS) is 24.0. The predicted molar refractivity (Wildman–Crippen MR) is 70.8 cm³/mol. The molecule has 2 atom stereocenters. The van der Waals surface area contributed by atoms with E-state index in [0.29, 0.717) is 19.5 Å². The Morgan fingerprint density at radius 2 is 2.44 bits per heavy atom. The van der Waals surface area contributed by atoms with Crippen LogP contribution in [-0.4, -0.2) is 42.2 Å². The Hall–Kier alpha value is -0.500. The fourth-order valence-electron chi connectivity index (χ4n) is 2.34. The quantitative estimate of drug-likeness (QED) is 0.905. The van der Waals surface area contributed by atoms with E-state index in [0.717, 1.165) is 17.7 Å². The van der Waals surface area contributed by atoms with Gasteiger partial charge in [-0.3, -0.25) is 4.98 Å². The van der Waals surface area contributed by atoms with Crippen molar-refractivity contribution in [2.24, 2.45) is 5.92 Å². The fraction of sp³-hybridized carbons (Fsp3) is 0.727. The lowest BCUT2D eigenvalue weighted by atomic mass is 9.93. The molecule has 7 heteroatoms. The molecule has 1 saturated heterocycles. The van der Waals surface area contributed by atoms with Crippen molar-refractivity contribution in [2.75, 3.05) is 19.3 Å². The zero-order valence-electron chi connectivity index (χ0n) is 10.3. The molecule has 2 unspecified atom stereocenters. The summed E-state index contributed by atoms with van der Waals surface area (Å²) in [4.78, 5) is 4.80. The second-order valence-electron chi connectivity index (χ2n) is 4.78. The smallest absolute Gasteiger partial charge is 0.211 e. The average Bonchev–Trinajstić information content (AvgIpc) is 2.81. The highest BCUT2D eigenvalue weighted by atomic mass is 32.2. The van der Waals surface area contributed by atoms with Gasteiger partial charge in [-0.1, -0.05) is 0 Å². The fourth-order valence-corrected chi connectivity index (χ4v) is 3.90. The number of thiazole rings is 1. The van der Waals surface area contributed by atoms with Gasteiger partial charge in [0.15, 0.2) is 0 Å². The maximum absolute atomic E-state index is 11.5. The first-order valence-corrected chi connectivity index (χ1v) is 8.71. The van der Waals surface area contributed by atoms with Crippen LogP contribution >= 0.6 is 11.3 Å². The molecule has 2 rings (SSSR count). The Balaban J connectivity index is 1.94. The van der Waals surface area contributed by atoms with Crippen molar-refractivity contribution < 1.29 is 13.5 Å². The number of sulfonamides is 1. The SMILES string of the molecule is CS(=O)(=O)N1CCCC(CC(O)c2cncs2)C1. The molecule has 0 spiro atoms. The molecule has 1 fully saturated rings. The summed E-state index contributed by atoms with van der Waals surface area (Å²) in [7, 11) is -3.11. The minimum atomic E-state index is -3.11. The molecule has 0 aliphatic carbocycles. The van der Waals surface area contributed by atoms with E-state index in [1.807, 2.05) is 0 Å². The lowest BCUT2D eigenvalue weighted by Gasteiger charge is -2.31. The van der Waals surface area contributed by atoms with Crippen LogP contribution in [0.25, 0.3) is 0 Å². The maximum atomic E-state index is 11.5. The van der Waals surface area contributed by atoms with Crippen LogP contribution in [0.15, 0.2) is 11.7 Å². The first kappa shape index (κ1) is 13.9. The number of nitrogens with zero attached hydrogens (tertiary/aromatic N) is 2. The first-order chi connectivity index (χ1) is 8.47. The molecule has 2 heterocycles. The van der Waals surface area contributed by atoms with Gasteiger partial charge in [0, 0.05) is 19.3 Å². The van der Waals surface area contributed by atoms with Crippen LogP contribution in [-0.2, 0) is 10.0 Å². The zero-order chi connectivity index (χ0) is 13.2. The number of hydrogen-bond donors (Lipinski definition) is 1. The third-order valence-corrected chi connectivity index (χ3v) is 5.43. The molecule has 1 N–H and O–H groups in total. The van der Waals surface area contributed by atoms with E-state index in [-0.39, 0.29) is 5.92 Å². The van der Waals surface area contributed by atoms with Crippen molar-refractivity contribution in [2.45, 2.75) is 25.4 Å². The summed E-state index contributed by atoms with van der Waals surface area (Å²) < 4.78 is 24.5. The summed E-state index contributed by atoms with van der Waals surface area (Å²) in [6, 6.07) is 0. The minimum Gasteiger partial charge on any atom is -0.388 e. The number of piperidine rings is 1. The minimum absolute atomic E-state index is 0.227. The third-order valence-electron chi connectivity index (χ3n) is 3.29. The molecule has 0 bridgehead atoms. The van der Waals surface area contributed by atoms with Crippen molar-refractivity contribution in [3.8, 4) is 0 Å². The topological polar surface area (TPSA) is 70.5 Å². The van der Waals surface area contributed by atoms with Crippen molar-refractivity contribution in [1.29, 1.82) is 0 Å². The summed E-state index contributed by atoms with van der Waals surface area (Å²) in [5, 5.41) is 10.1. The number of aliphatic hydroxyl groups excluding tert-OH is 1. The Morgan fingerprint density at radius 1 is 1.67 bits per heavy atom. The molecule has 1 aliphatic heterocycles. The molecule has 102 valence electrons. The van der Waals surface area contributed by atoms with E-state index < -0.39 is 16.1 Å². The third kappa shape index (κ3) is 3.50. The van der Waals surface area contributed by atoms with Gasteiger partial charge < -0.3 is 5.11 Å². The van der Waals surface area contributed by atoms with E-state index in [4.69, 9.17) is 0 Å². The van der Waals surface area contributed by atoms with Gasteiger partial charge in [0.1, 0.15) is 0 Å². The molecule has 0 saturated carbocycles. The standard InChI is InChI=1S/C11H18N2O3S2/c1-18(15,16)13-4-2-3-9(7-13)5-10(14)11-6-12-8-17-11/h6,8-10,14H,2-5,7H2,1H3. The molecule has 1 aromatic heterocycles. The van der Waals surface area contributed by atoms with Gasteiger partial charge in [-0.15, -0.1) is 11.3 Å². The monoisotopic (exact) mass is 290 g/mol. The molecule has 5 nitrogen and oxygen atoms in total. The van der Waals surface area contributed by atoms with Crippen molar-refractivity contribution in [3.05, 3.63) is 16.6 Å². The summed E-state index contributed by atoms with van der Waals surface area (Å²) >= 11 is 1.43. The van der Waals surface area contributed by atoms with Gasteiger partial charge in [0.25, 0.3) is 0 Å². The van der Waals surface area contributed by atoms with Crippen LogP contribution in [0.4, 0.5) is 0 Å². The largest absolute Gasteiger partial charge is 0.388 e. The molecule has 0 radical (unpaired) electrons. The van der Waals surface area contributed by atoms with Crippen LogP contribution in [0.2, 0.25) is 0 Å². The highest BCUT2D eigenvalue weighted by molar-refractivity contribution is 7.88. The van der Waals surface area contributed by atoms with Gasteiger partial charge in [-0.05, 0) is 25.2 Å². The molecule has 0 amide bonds. The number of aliphatic hydroxyl groups is 1. The molecular formula is C11H18N2O3S2. The lowest BCUT2D eigenvalue weighted by Crippen LogP contribution is -2.39. The van der Waals surface area contributed by atoms with Gasteiger partial charge in [0.05, 0.1) is 22.7 Å². The van der Waals surface area contributed by atoms with E-state index in [1.165, 1.54) is 21.9 Å². The van der Waals surface area contributed by atoms with Gasteiger partial charge in [0.2, 0.25) is 10.0 Å². The van der Waals surface area contributed by atoms with Crippen molar-refractivity contribution >= 4 is 21.4 Å². The van der Waals surface area contributed by atoms with Crippen LogP contribution in [0.5, 0.6) is 0 Å². The first-order valence-electron chi connectivity index (χ1n) is 5.98. The molecule has 1 aliphatic rings. The number of rotatable bonds is 4. The van der Waals surface area contributed by atoms with E-state index in [9.17, 15) is 13.5 Å². The van der Waals surface area contributed by atoms with E-state index >= 15 is 0 Å². The van der Waals surface area contributed by atoms with Crippen LogP contribution in [0.1, 0.15) is 30.2 Å². The Bertz CT molecular complexity index is 472. The second-order valence-corrected chi connectivity index (χ2v) is 7.68. The number of hydrogen-bond acceptors (Lipinski definition) is 5. The Morgan fingerprint density at radius 3 is 3.06 bits per heavy atom. The molecule has 0 aromatic carbocycles. The molecular weight excluding hydrogens is 272 g/mol. The van der Waals surface area contributed by atoms with Crippen molar-refractivity contribution in [3.63, 3.8) is 0 Å². The molecule has 18 heavy (non-hydrogen) atoms. The summed E-state index contributed by atoms with van der Waals surface area (Å²) in [5.74, 6) is 0.227. The summed E-state index contributed by atoms with van der Waals surface area (Å²) in [6.07, 6.45) is 4.84. The lowest BCUT2D eigenvalue weighted by molar-refractivity contribution is 0.125. The highest BCUT2D eigenvalue weighted by Crippen LogP contribution is 2.29. The summed E-state index contributed by atoms with van der Waals surface area (Å²) in [6.45, 7) is 1.13. The van der Waals surface area contributed by atoms with Gasteiger partial charge in [-0.25, -0.2) is 12.7 Å². The van der Waals surface area contributed by atoms with E-state index in [2.05, 4.69) is 4.98 Å². The van der Waals surface area contributed by atoms with Gasteiger partial charge >= 0.3 is 0 Å². The Kier molecular flexibility index (Phi) is 4.37. The van der Waals surface area contributed by atoms with Crippen LogP contribution < -0.4 is 0 Å². The highest BCUT2D eigenvalue weighted by Gasteiger charge is 2.27. The molecule has 1 aromatic rings. The Labute approximate surface area is 112 Å². The number of aromatic nitrogens is 1. The average molecular weight is 290 g/mol. The van der Waals surface area contributed by atoms with Crippen LogP contribution in [0.3, 0.4) is 0 Å². The van der Waals surface area contributed by atoms with Crippen LogP contribution in [0, 0.1) is 5.92 Å². The summed E-state index contributed by atoms with van der Waals surface area (Å²) in [5.41, 5.74) is 1.70. The van der Waals surface area contributed by atoms with Crippen molar-refractivity contribution in [1.82, 2.24) is 9.29 Å². The zero-order valence-corrected chi connectivity index (χ0v) is 12.0. The predicted octanol–water partition coefficient (Wildman–Crippen LogP) is 1.24. The van der Waals surface area contributed by atoms with Gasteiger partial charge in [-0.2, -0.15) is 0 Å².